The van der Waals surface area contributed by atoms with Crippen LogP contribution in [0, 0.1) is 5.82 Å². The third-order valence-electron chi connectivity index (χ3n) is 2.75. The molecular formula is C12H8BrF4N3O. The molecule has 0 spiro atoms. The highest BCUT2D eigenvalue weighted by atomic mass is 79.9. The maximum Gasteiger partial charge on any atom is 0.435 e. The molecule has 1 amide bonds. The smallest absolute Gasteiger partial charge is 0.365 e. The van der Waals surface area contributed by atoms with Gasteiger partial charge in [0.05, 0.1) is 11.3 Å². The van der Waals surface area contributed by atoms with E-state index in [0.29, 0.717) is 0 Å². The molecule has 4 nitrogen and oxygen atoms in total. The Labute approximate surface area is 124 Å². The predicted octanol–water partition coefficient (Wildman–Crippen LogP) is 3.11. The van der Waals surface area contributed by atoms with Crippen LogP contribution < -0.4 is 5.73 Å². The van der Waals surface area contributed by atoms with Gasteiger partial charge in [0.2, 0.25) is 0 Å². The van der Waals surface area contributed by atoms with E-state index in [1.165, 1.54) is 13.1 Å². The van der Waals surface area contributed by atoms with E-state index in [1.807, 2.05) is 0 Å². The Morgan fingerprint density at radius 1 is 1.38 bits per heavy atom. The lowest BCUT2D eigenvalue weighted by Gasteiger charge is -2.08. The molecule has 2 N–H and O–H groups in total. The second-order valence-electron chi connectivity index (χ2n) is 4.18. The van der Waals surface area contributed by atoms with Crippen LogP contribution >= 0.6 is 15.9 Å². The number of nitrogens with zero attached hydrogens (tertiary/aromatic N) is 2. The van der Waals surface area contributed by atoms with Gasteiger partial charge in [-0.25, -0.2) is 4.39 Å². The first-order valence-corrected chi connectivity index (χ1v) is 6.31. The monoisotopic (exact) mass is 365 g/mol. The van der Waals surface area contributed by atoms with Gasteiger partial charge in [-0.15, -0.1) is 0 Å². The van der Waals surface area contributed by atoms with Gasteiger partial charge in [0.15, 0.2) is 5.69 Å². The number of nitrogens with two attached hydrogens (primary N) is 1. The molecule has 0 atom stereocenters. The Kier molecular flexibility index (Phi) is 3.79. The van der Waals surface area contributed by atoms with Crippen molar-refractivity contribution in [1.29, 1.82) is 0 Å². The van der Waals surface area contributed by atoms with Crippen LogP contribution in [0.3, 0.4) is 0 Å². The van der Waals surface area contributed by atoms with Crippen molar-refractivity contribution in [2.75, 3.05) is 0 Å². The van der Waals surface area contributed by atoms with Gasteiger partial charge >= 0.3 is 6.18 Å². The molecule has 0 bridgehead atoms. The number of primary amides is 1. The summed E-state index contributed by atoms with van der Waals surface area (Å²) >= 11 is 3.05. The van der Waals surface area contributed by atoms with Crippen molar-refractivity contribution < 1.29 is 22.4 Å². The summed E-state index contributed by atoms with van der Waals surface area (Å²) in [5.41, 5.74) is 2.98. The molecule has 0 fully saturated rings. The first-order valence-electron chi connectivity index (χ1n) is 5.52. The zero-order valence-electron chi connectivity index (χ0n) is 10.5. The Balaban J connectivity index is 2.80. The molecule has 2 rings (SSSR count). The van der Waals surface area contributed by atoms with Crippen molar-refractivity contribution in [3.8, 4) is 11.3 Å². The third-order valence-corrected chi connectivity index (χ3v) is 3.40. The van der Waals surface area contributed by atoms with Gasteiger partial charge in [0, 0.05) is 17.1 Å². The number of hydrogen-bond acceptors (Lipinski definition) is 2. The predicted molar refractivity (Wildman–Crippen MR) is 69.8 cm³/mol. The molecule has 0 saturated carbocycles. The molecule has 0 aliphatic carbocycles. The van der Waals surface area contributed by atoms with E-state index in [1.54, 1.807) is 0 Å². The summed E-state index contributed by atoms with van der Waals surface area (Å²) in [4.78, 5) is 11.4. The summed E-state index contributed by atoms with van der Waals surface area (Å²) in [6.07, 6.45) is -4.83. The number of alkyl halides is 3. The zero-order valence-corrected chi connectivity index (χ0v) is 12.1. The summed E-state index contributed by atoms with van der Waals surface area (Å²) in [7, 11) is 1.24. The van der Waals surface area contributed by atoms with E-state index in [2.05, 4.69) is 21.0 Å². The van der Waals surface area contributed by atoms with Crippen LogP contribution in [0.2, 0.25) is 0 Å². The van der Waals surface area contributed by atoms with Crippen LogP contribution in [0.25, 0.3) is 11.3 Å². The molecule has 21 heavy (non-hydrogen) atoms. The number of hydrogen-bond donors (Lipinski definition) is 1. The second kappa shape index (κ2) is 5.14. The summed E-state index contributed by atoms with van der Waals surface area (Å²) in [6, 6.07) is 3.37. The highest BCUT2D eigenvalue weighted by molar-refractivity contribution is 9.10. The zero-order chi connectivity index (χ0) is 15.9. The Morgan fingerprint density at radius 2 is 2.00 bits per heavy atom. The largest absolute Gasteiger partial charge is 0.435 e. The molecule has 112 valence electrons. The van der Waals surface area contributed by atoms with E-state index in [9.17, 15) is 22.4 Å². The lowest BCUT2D eigenvalue weighted by atomic mass is 10.0. The first kappa shape index (κ1) is 15.5. The van der Waals surface area contributed by atoms with Crippen molar-refractivity contribution in [2.45, 2.75) is 6.18 Å². The molecule has 0 radical (unpaired) electrons. The molecule has 0 saturated heterocycles. The Bertz CT molecular complexity index is 724. The second-order valence-corrected chi connectivity index (χ2v) is 5.04. The van der Waals surface area contributed by atoms with Gasteiger partial charge < -0.3 is 5.73 Å². The average Bonchev–Trinajstić information content (AvgIpc) is 2.67. The minimum atomic E-state index is -4.83. The van der Waals surface area contributed by atoms with Crippen LogP contribution in [0.15, 0.2) is 22.7 Å². The van der Waals surface area contributed by atoms with E-state index >= 15 is 0 Å². The minimum Gasteiger partial charge on any atom is -0.365 e. The SMILES string of the molecule is Cn1nc(C(F)(F)F)c(C(N)=O)c1-c1ccc(F)cc1Br. The number of carbonyl (C=O) groups is 1. The molecule has 0 aliphatic rings. The number of rotatable bonds is 2. The molecule has 0 unspecified atom stereocenters. The third kappa shape index (κ3) is 2.78. The van der Waals surface area contributed by atoms with Gasteiger partial charge in [-0.05, 0) is 34.1 Å². The minimum absolute atomic E-state index is 0.137. The topological polar surface area (TPSA) is 60.9 Å². The fourth-order valence-electron chi connectivity index (χ4n) is 1.95. The number of halogens is 5. The van der Waals surface area contributed by atoms with Crippen LogP contribution in [0.5, 0.6) is 0 Å². The summed E-state index contributed by atoms with van der Waals surface area (Å²) < 4.78 is 52.9. The standard InChI is InChI=1S/C12H8BrF4N3O/c1-20-9(6-3-2-5(14)4-7(6)13)8(11(18)21)10(19-20)12(15,16)17/h2-4H,1H3,(H2,18,21). The first-order chi connectivity index (χ1) is 9.62. The summed E-state index contributed by atoms with van der Waals surface area (Å²) in [5.74, 6) is -1.84. The van der Waals surface area contributed by atoms with Gasteiger partial charge in [-0.3, -0.25) is 9.48 Å². The normalized spacial score (nSPS) is 11.7. The summed E-state index contributed by atoms with van der Waals surface area (Å²) in [6.45, 7) is 0. The molecule has 1 heterocycles. The molecular weight excluding hydrogens is 358 g/mol. The maximum atomic E-state index is 13.1. The van der Waals surface area contributed by atoms with Crippen LogP contribution in [0.1, 0.15) is 16.1 Å². The van der Waals surface area contributed by atoms with E-state index in [-0.39, 0.29) is 15.7 Å². The lowest BCUT2D eigenvalue weighted by Crippen LogP contribution is -2.18. The number of amides is 1. The average molecular weight is 366 g/mol. The highest BCUT2D eigenvalue weighted by Gasteiger charge is 2.41. The molecule has 0 aliphatic heterocycles. The fourth-order valence-corrected chi connectivity index (χ4v) is 2.48. The van der Waals surface area contributed by atoms with Gasteiger partial charge in [-0.2, -0.15) is 18.3 Å². The summed E-state index contributed by atoms with van der Waals surface area (Å²) in [5, 5.41) is 3.32. The van der Waals surface area contributed by atoms with Gasteiger partial charge in [0.1, 0.15) is 5.82 Å². The van der Waals surface area contributed by atoms with Gasteiger partial charge in [-0.1, -0.05) is 0 Å². The maximum absolute atomic E-state index is 13.1. The number of carbonyl (C=O) groups excluding carboxylic acids is 1. The van der Waals surface area contributed by atoms with Crippen molar-refractivity contribution in [1.82, 2.24) is 9.78 Å². The number of aromatic nitrogens is 2. The van der Waals surface area contributed by atoms with Crippen molar-refractivity contribution in [3.05, 3.63) is 39.7 Å². The number of benzene rings is 1. The Morgan fingerprint density at radius 3 is 2.48 bits per heavy atom. The van der Waals surface area contributed by atoms with Crippen molar-refractivity contribution in [2.24, 2.45) is 12.8 Å². The van der Waals surface area contributed by atoms with Crippen LogP contribution in [-0.2, 0) is 13.2 Å². The van der Waals surface area contributed by atoms with E-state index < -0.39 is 29.2 Å². The van der Waals surface area contributed by atoms with E-state index in [4.69, 9.17) is 5.73 Å². The van der Waals surface area contributed by atoms with E-state index in [0.717, 1.165) is 16.8 Å². The quantitative estimate of drug-likeness (QED) is 0.831. The van der Waals surface area contributed by atoms with Gasteiger partial charge in [0.25, 0.3) is 5.91 Å². The number of aryl methyl sites for hydroxylation is 1. The molecule has 1 aromatic heterocycles. The van der Waals surface area contributed by atoms with Crippen LogP contribution in [0.4, 0.5) is 17.6 Å². The molecule has 2 aromatic rings. The van der Waals surface area contributed by atoms with Crippen molar-refractivity contribution in [3.63, 3.8) is 0 Å². The molecule has 9 heteroatoms. The highest BCUT2D eigenvalue weighted by Crippen LogP contribution is 2.38. The fraction of sp³-hybridized carbons (Fsp3) is 0.167. The van der Waals surface area contributed by atoms with Crippen molar-refractivity contribution >= 4 is 21.8 Å². The lowest BCUT2D eigenvalue weighted by molar-refractivity contribution is -0.141. The van der Waals surface area contributed by atoms with Crippen LogP contribution in [-0.4, -0.2) is 15.7 Å². The molecule has 1 aromatic carbocycles. The Hall–Kier alpha value is -1.90.